The molecule has 9 rings (SSSR count). The molecule has 4 nitrogen and oxygen atoms in total. The molecule has 0 bridgehead atoms. The summed E-state index contributed by atoms with van der Waals surface area (Å²) in [4.78, 5) is 14.0. The van der Waals surface area contributed by atoms with Gasteiger partial charge in [-0.2, -0.15) is 0 Å². The van der Waals surface area contributed by atoms with Crippen LogP contribution in [0.2, 0.25) is 0 Å². The largest absolute Gasteiger partial charge is 0.290 e. The summed E-state index contributed by atoms with van der Waals surface area (Å²) in [5.74, 6) is 0. The topological polar surface area (TPSA) is 43.1 Å². The van der Waals surface area contributed by atoms with Crippen LogP contribution >= 0.6 is 0 Å². The highest BCUT2D eigenvalue weighted by atomic mass is 15.0. The minimum Gasteiger partial charge on any atom is -0.290 e. The lowest BCUT2D eigenvalue weighted by Gasteiger charge is -2.12. The number of nitrogens with zero attached hydrogens (tertiary/aromatic N) is 4. The zero-order valence-corrected chi connectivity index (χ0v) is 18.8. The van der Waals surface area contributed by atoms with Crippen molar-refractivity contribution in [1.82, 2.24) is 19.4 Å². The zero-order chi connectivity index (χ0) is 22.7. The summed E-state index contributed by atoms with van der Waals surface area (Å²) in [5, 5.41) is 3.62. The molecule has 0 amide bonds. The Hall–Kier alpha value is -4.57. The van der Waals surface area contributed by atoms with E-state index in [0.29, 0.717) is 0 Å². The molecule has 2 aliphatic rings. The van der Waals surface area contributed by atoms with Gasteiger partial charge >= 0.3 is 0 Å². The summed E-state index contributed by atoms with van der Waals surface area (Å²) in [6.07, 6.45) is 9.58. The summed E-state index contributed by atoms with van der Waals surface area (Å²) in [6, 6.07) is 22.2. The van der Waals surface area contributed by atoms with E-state index in [1.54, 1.807) is 0 Å². The predicted molar refractivity (Wildman–Crippen MR) is 140 cm³/mol. The van der Waals surface area contributed by atoms with Gasteiger partial charge in [0.2, 0.25) is 0 Å². The van der Waals surface area contributed by atoms with Crippen LogP contribution in [0.5, 0.6) is 0 Å². The Morgan fingerprint density at radius 3 is 2.34 bits per heavy atom. The maximum Gasteiger partial charge on any atom is 0.146 e. The Bertz CT molecular complexity index is 2070. The van der Waals surface area contributed by atoms with Crippen molar-refractivity contribution in [3.63, 3.8) is 0 Å². The van der Waals surface area contributed by atoms with Gasteiger partial charge in [0.05, 0.1) is 22.7 Å². The third-order valence-electron chi connectivity index (χ3n) is 8.07. The van der Waals surface area contributed by atoms with E-state index >= 15 is 0 Å². The molecule has 0 spiro atoms. The maximum absolute atomic E-state index is 5.06. The Kier molecular flexibility index (Phi) is 3.11. The van der Waals surface area contributed by atoms with E-state index in [1.165, 1.54) is 60.7 Å². The molecule has 2 aliphatic carbocycles. The first-order chi connectivity index (χ1) is 17.4. The molecule has 3 aromatic carbocycles. The molecule has 4 aromatic heterocycles. The third-order valence-corrected chi connectivity index (χ3v) is 8.07. The average Bonchev–Trinajstić information content (AvgIpc) is 3.59. The molecule has 0 saturated carbocycles. The molecular weight excluding hydrogens is 428 g/mol. The predicted octanol–water partition coefficient (Wildman–Crippen LogP) is 6.73. The van der Waals surface area contributed by atoms with Crippen molar-refractivity contribution in [3.8, 4) is 22.3 Å². The van der Waals surface area contributed by atoms with Crippen molar-refractivity contribution in [2.75, 3.05) is 0 Å². The second-order valence-electron chi connectivity index (χ2n) is 9.67. The monoisotopic (exact) mass is 446 g/mol. The van der Waals surface area contributed by atoms with Crippen LogP contribution in [-0.2, 0) is 12.8 Å². The van der Waals surface area contributed by atoms with E-state index in [-0.39, 0.29) is 0 Å². The molecule has 35 heavy (non-hydrogen) atoms. The molecule has 0 unspecified atom stereocenters. The van der Waals surface area contributed by atoms with E-state index in [2.05, 4.69) is 69.0 Å². The second kappa shape index (κ2) is 6.10. The number of pyridine rings is 3. The van der Waals surface area contributed by atoms with Crippen LogP contribution in [0.1, 0.15) is 22.3 Å². The van der Waals surface area contributed by atoms with E-state index in [9.17, 15) is 0 Å². The Morgan fingerprint density at radius 2 is 1.37 bits per heavy atom. The lowest BCUT2D eigenvalue weighted by Crippen LogP contribution is -1.95. The van der Waals surface area contributed by atoms with Crippen LogP contribution in [0.4, 0.5) is 0 Å². The molecule has 0 atom stereocenters. The summed E-state index contributed by atoms with van der Waals surface area (Å²) in [6.45, 7) is 0. The van der Waals surface area contributed by atoms with Gasteiger partial charge in [0, 0.05) is 34.7 Å². The van der Waals surface area contributed by atoms with Gasteiger partial charge in [-0.25, -0.2) is 4.98 Å². The fourth-order valence-electron chi connectivity index (χ4n) is 6.61. The molecular formula is C31H18N4. The van der Waals surface area contributed by atoms with Crippen molar-refractivity contribution in [3.05, 3.63) is 108 Å². The summed E-state index contributed by atoms with van der Waals surface area (Å²) < 4.78 is 2.24. The molecule has 0 saturated heterocycles. The van der Waals surface area contributed by atoms with Gasteiger partial charge in [-0.05, 0) is 75.5 Å². The lowest BCUT2D eigenvalue weighted by molar-refractivity contribution is 1.17. The molecule has 0 radical (unpaired) electrons. The highest BCUT2D eigenvalue weighted by molar-refractivity contribution is 6.17. The fourth-order valence-corrected chi connectivity index (χ4v) is 6.61. The van der Waals surface area contributed by atoms with Crippen LogP contribution in [-0.4, -0.2) is 19.4 Å². The van der Waals surface area contributed by atoms with Crippen molar-refractivity contribution >= 4 is 38.4 Å². The molecule has 4 heterocycles. The van der Waals surface area contributed by atoms with Gasteiger partial charge in [0.15, 0.2) is 0 Å². The van der Waals surface area contributed by atoms with Crippen LogP contribution in [0.25, 0.3) is 60.6 Å². The number of imidazole rings is 1. The van der Waals surface area contributed by atoms with Crippen molar-refractivity contribution in [2.24, 2.45) is 0 Å². The van der Waals surface area contributed by atoms with Crippen LogP contribution in [0, 0.1) is 0 Å². The van der Waals surface area contributed by atoms with Crippen LogP contribution in [0.15, 0.2) is 85.5 Å². The van der Waals surface area contributed by atoms with Gasteiger partial charge < -0.3 is 0 Å². The lowest BCUT2D eigenvalue weighted by atomic mass is 9.96. The first-order valence-corrected chi connectivity index (χ1v) is 12.0. The van der Waals surface area contributed by atoms with Crippen molar-refractivity contribution in [1.29, 1.82) is 0 Å². The second-order valence-corrected chi connectivity index (χ2v) is 9.67. The first-order valence-electron chi connectivity index (χ1n) is 12.0. The SMILES string of the molecule is c1ccc2c(c1)Cc1c-2ccc2c1Cc1c-2ccc2c1c1cnccc1n1c3cnccc3nc21. The number of hydrogen-bond acceptors (Lipinski definition) is 3. The summed E-state index contributed by atoms with van der Waals surface area (Å²) >= 11 is 0. The van der Waals surface area contributed by atoms with Crippen molar-refractivity contribution < 1.29 is 0 Å². The standard InChI is InChI=1S/C31H18N4/c1-2-4-18-17(3-1)13-23-19(18)5-6-20-21-7-8-22-30(25(21)14-24(20)23)26-15-32-12-10-28(26)35-29-16-33-11-9-27(29)34-31(22)35/h1-12,15-16H,13-14H2. The minimum absolute atomic E-state index is 0.946. The molecule has 162 valence electrons. The number of benzene rings is 3. The molecule has 0 aliphatic heterocycles. The average molecular weight is 447 g/mol. The van der Waals surface area contributed by atoms with Gasteiger partial charge in [0.25, 0.3) is 0 Å². The smallest absolute Gasteiger partial charge is 0.146 e. The quantitative estimate of drug-likeness (QED) is 0.243. The zero-order valence-electron chi connectivity index (χ0n) is 18.8. The summed E-state index contributed by atoms with van der Waals surface area (Å²) in [5.41, 5.74) is 15.4. The summed E-state index contributed by atoms with van der Waals surface area (Å²) in [7, 11) is 0. The first kappa shape index (κ1) is 17.8. The van der Waals surface area contributed by atoms with Crippen LogP contribution in [0.3, 0.4) is 0 Å². The molecule has 4 heteroatoms. The number of aromatic nitrogens is 4. The van der Waals surface area contributed by atoms with E-state index in [1.807, 2.05) is 30.9 Å². The molecule has 0 fully saturated rings. The van der Waals surface area contributed by atoms with Gasteiger partial charge in [-0.1, -0.05) is 42.5 Å². The minimum atomic E-state index is 0.946. The highest BCUT2D eigenvalue weighted by Crippen LogP contribution is 2.49. The molecule has 7 aromatic rings. The van der Waals surface area contributed by atoms with E-state index in [0.717, 1.165) is 35.0 Å². The van der Waals surface area contributed by atoms with Gasteiger partial charge in [-0.3, -0.25) is 14.4 Å². The van der Waals surface area contributed by atoms with Gasteiger partial charge in [-0.15, -0.1) is 0 Å². The Morgan fingerprint density at radius 1 is 0.600 bits per heavy atom. The van der Waals surface area contributed by atoms with Crippen molar-refractivity contribution in [2.45, 2.75) is 12.8 Å². The number of fused-ring (bicyclic) bond motifs is 16. The third kappa shape index (κ3) is 2.11. The normalized spacial score (nSPS) is 13.5. The van der Waals surface area contributed by atoms with E-state index < -0.39 is 0 Å². The van der Waals surface area contributed by atoms with Crippen LogP contribution < -0.4 is 0 Å². The number of hydrogen-bond donors (Lipinski definition) is 0. The van der Waals surface area contributed by atoms with Gasteiger partial charge in [0.1, 0.15) is 5.65 Å². The van der Waals surface area contributed by atoms with E-state index in [4.69, 9.17) is 4.98 Å². The highest BCUT2D eigenvalue weighted by Gasteiger charge is 2.29. The Labute approximate surface area is 200 Å². The fraction of sp³-hybridized carbons (Fsp3) is 0.0645. The number of rotatable bonds is 0. The molecule has 0 N–H and O–H groups in total. The maximum atomic E-state index is 5.06. The Balaban J connectivity index is 1.39.